The Morgan fingerprint density at radius 3 is 2.42 bits per heavy atom. The Hall–Kier alpha value is -1.23. The summed E-state index contributed by atoms with van der Waals surface area (Å²) in [6.07, 6.45) is 5.26. The van der Waals surface area contributed by atoms with Crippen molar-refractivity contribution in [2.75, 3.05) is 0 Å². The summed E-state index contributed by atoms with van der Waals surface area (Å²) in [7, 11) is 0. The molecule has 0 aliphatic rings. The maximum Gasteiger partial charge on any atom is 0.334 e. The lowest BCUT2D eigenvalue weighted by atomic mass is 10.1. The molecule has 0 aromatic heterocycles. The van der Waals surface area contributed by atoms with Crippen LogP contribution in [0.25, 0.3) is 0 Å². The van der Waals surface area contributed by atoms with Crippen molar-refractivity contribution < 1.29 is 9.53 Å². The van der Waals surface area contributed by atoms with E-state index >= 15 is 0 Å². The highest BCUT2D eigenvalue weighted by atomic mass is 16.6. The topological polar surface area (TPSA) is 26.3 Å². The maximum absolute atomic E-state index is 11.1. The fraction of sp³-hybridized carbons (Fsp3) is 0.500. The second kappa shape index (κ2) is 3.96. The lowest BCUT2D eigenvalue weighted by Gasteiger charge is -2.19. The number of carbonyl (C=O) groups excluding carboxylic acids is 1. The van der Waals surface area contributed by atoms with E-state index in [1.807, 2.05) is 0 Å². The van der Waals surface area contributed by atoms with Gasteiger partial charge in [0.2, 0.25) is 0 Å². The fourth-order valence-corrected chi connectivity index (χ4v) is 0.546. The maximum atomic E-state index is 11.1. The molecule has 0 saturated heterocycles. The molecular weight excluding hydrogens is 152 g/mol. The number of ether oxygens (including phenoxy) is 1. The number of carbonyl (C=O) groups is 1. The number of hydrogen-bond donors (Lipinski definition) is 0. The van der Waals surface area contributed by atoms with Gasteiger partial charge in [-0.15, -0.1) is 12.3 Å². The van der Waals surface area contributed by atoms with Gasteiger partial charge in [-0.25, -0.2) is 4.79 Å². The zero-order valence-corrected chi connectivity index (χ0v) is 7.81. The van der Waals surface area contributed by atoms with Crippen LogP contribution in [0, 0.1) is 12.3 Å². The zero-order chi connectivity index (χ0) is 9.78. The van der Waals surface area contributed by atoms with Crippen LogP contribution in [0.4, 0.5) is 0 Å². The van der Waals surface area contributed by atoms with E-state index in [0.29, 0.717) is 5.57 Å². The van der Waals surface area contributed by atoms with Gasteiger partial charge in [0.05, 0.1) is 0 Å². The Morgan fingerprint density at radius 1 is 1.58 bits per heavy atom. The molecule has 2 heteroatoms. The molecule has 0 unspecified atom stereocenters. The van der Waals surface area contributed by atoms with Crippen LogP contribution in [0.1, 0.15) is 27.2 Å². The molecule has 0 rings (SSSR count). The molecule has 0 fully saturated rings. The van der Waals surface area contributed by atoms with Gasteiger partial charge in [0.25, 0.3) is 0 Å². The number of hydrogen-bond acceptors (Lipinski definition) is 2. The smallest absolute Gasteiger partial charge is 0.334 e. The molecule has 2 nitrogen and oxygen atoms in total. The predicted octanol–water partition coefficient (Wildman–Crippen LogP) is 1.91. The molecule has 0 aromatic carbocycles. The average molecular weight is 166 g/mol. The third-order valence-electron chi connectivity index (χ3n) is 1.00. The molecule has 0 aromatic rings. The predicted molar refractivity (Wildman–Crippen MR) is 48.4 cm³/mol. The van der Waals surface area contributed by atoms with E-state index in [4.69, 9.17) is 11.2 Å². The summed E-state index contributed by atoms with van der Waals surface area (Å²) in [5, 5.41) is 0. The van der Waals surface area contributed by atoms with Crippen molar-refractivity contribution in [3.63, 3.8) is 0 Å². The molecule has 0 heterocycles. The molecule has 0 atom stereocenters. The van der Waals surface area contributed by atoms with Crippen molar-refractivity contribution in [3.8, 4) is 12.3 Å². The van der Waals surface area contributed by atoms with Crippen LogP contribution in [-0.2, 0) is 9.53 Å². The van der Waals surface area contributed by atoms with Crippen molar-refractivity contribution in [2.24, 2.45) is 0 Å². The minimum atomic E-state index is -0.478. The van der Waals surface area contributed by atoms with E-state index in [0.717, 1.165) is 0 Å². The summed E-state index contributed by atoms with van der Waals surface area (Å²) in [6.45, 7) is 8.91. The minimum Gasteiger partial charge on any atom is -0.457 e. The quantitative estimate of drug-likeness (QED) is 0.356. The van der Waals surface area contributed by atoms with Gasteiger partial charge >= 0.3 is 5.97 Å². The molecule has 12 heavy (non-hydrogen) atoms. The van der Waals surface area contributed by atoms with E-state index in [-0.39, 0.29) is 6.42 Å². The summed E-state index contributed by atoms with van der Waals surface area (Å²) < 4.78 is 5.02. The van der Waals surface area contributed by atoms with Crippen LogP contribution in [0.15, 0.2) is 12.2 Å². The van der Waals surface area contributed by atoms with Crippen molar-refractivity contribution in [1.29, 1.82) is 0 Å². The van der Waals surface area contributed by atoms with Crippen LogP contribution in [-0.4, -0.2) is 11.6 Å². The second-order valence-corrected chi connectivity index (χ2v) is 3.49. The average Bonchev–Trinajstić information content (AvgIpc) is 1.84. The van der Waals surface area contributed by atoms with Crippen molar-refractivity contribution in [2.45, 2.75) is 32.8 Å². The molecule has 0 aliphatic heterocycles. The highest BCUT2D eigenvalue weighted by Gasteiger charge is 2.17. The highest BCUT2D eigenvalue weighted by molar-refractivity contribution is 5.88. The van der Waals surface area contributed by atoms with E-state index < -0.39 is 11.6 Å². The van der Waals surface area contributed by atoms with Gasteiger partial charge in [0.15, 0.2) is 0 Å². The molecule has 0 bridgehead atoms. The molecule has 0 aliphatic carbocycles. The monoisotopic (exact) mass is 166 g/mol. The standard InChI is InChI=1S/C10H14O2/c1-6-7-8(2)9(11)12-10(3,4)5/h1H,2,7H2,3-5H3. The largest absolute Gasteiger partial charge is 0.457 e. The van der Waals surface area contributed by atoms with E-state index in [1.165, 1.54) is 0 Å². The third-order valence-corrected chi connectivity index (χ3v) is 1.00. The van der Waals surface area contributed by atoms with Gasteiger partial charge < -0.3 is 4.74 Å². The molecule has 0 saturated carbocycles. The highest BCUT2D eigenvalue weighted by Crippen LogP contribution is 2.11. The minimum absolute atomic E-state index is 0.245. The van der Waals surface area contributed by atoms with Crippen LogP contribution in [0.3, 0.4) is 0 Å². The van der Waals surface area contributed by atoms with Crippen LogP contribution >= 0.6 is 0 Å². The van der Waals surface area contributed by atoms with E-state index in [2.05, 4.69) is 12.5 Å². The van der Waals surface area contributed by atoms with Crippen LogP contribution in [0.2, 0.25) is 0 Å². The SMILES string of the molecule is C#CCC(=C)C(=O)OC(C)(C)C. The first-order chi connectivity index (χ1) is 5.37. The Morgan fingerprint density at radius 2 is 2.08 bits per heavy atom. The molecule has 66 valence electrons. The third kappa shape index (κ3) is 4.56. The Kier molecular flexibility index (Phi) is 3.56. The lowest BCUT2D eigenvalue weighted by Crippen LogP contribution is -2.24. The van der Waals surface area contributed by atoms with Gasteiger partial charge in [-0.3, -0.25) is 0 Å². The van der Waals surface area contributed by atoms with Gasteiger partial charge in [-0.2, -0.15) is 0 Å². The van der Waals surface area contributed by atoms with Gasteiger partial charge in [-0.1, -0.05) is 6.58 Å². The van der Waals surface area contributed by atoms with Crippen LogP contribution in [0.5, 0.6) is 0 Å². The second-order valence-electron chi connectivity index (χ2n) is 3.49. The number of rotatable bonds is 2. The molecular formula is C10H14O2. The summed E-state index contributed by atoms with van der Waals surface area (Å²) in [5.41, 5.74) is -0.151. The molecule has 0 radical (unpaired) electrons. The van der Waals surface area contributed by atoms with E-state index in [1.54, 1.807) is 20.8 Å². The fourth-order valence-electron chi connectivity index (χ4n) is 0.546. The van der Waals surface area contributed by atoms with Gasteiger partial charge in [0.1, 0.15) is 5.60 Å². The van der Waals surface area contributed by atoms with Crippen molar-refractivity contribution in [3.05, 3.63) is 12.2 Å². The van der Waals surface area contributed by atoms with Gasteiger partial charge in [-0.05, 0) is 20.8 Å². The summed E-state index contributed by atoms with van der Waals surface area (Å²) in [5.74, 6) is 1.92. The summed E-state index contributed by atoms with van der Waals surface area (Å²) >= 11 is 0. The van der Waals surface area contributed by atoms with Gasteiger partial charge in [0, 0.05) is 12.0 Å². The molecule has 0 amide bonds. The molecule has 0 N–H and O–H groups in total. The van der Waals surface area contributed by atoms with E-state index in [9.17, 15) is 4.79 Å². The molecule has 0 spiro atoms. The Balaban J connectivity index is 4.08. The summed E-state index contributed by atoms with van der Waals surface area (Å²) in [4.78, 5) is 11.1. The normalized spacial score (nSPS) is 10.2. The lowest BCUT2D eigenvalue weighted by molar-refractivity contribution is -0.149. The first kappa shape index (κ1) is 10.8. The van der Waals surface area contributed by atoms with Crippen molar-refractivity contribution >= 4 is 5.97 Å². The first-order valence-corrected chi connectivity index (χ1v) is 3.71. The zero-order valence-electron chi connectivity index (χ0n) is 7.81. The Bertz CT molecular complexity index is 225. The Labute approximate surface area is 73.6 Å². The van der Waals surface area contributed by atoms with Crippen molar-refractivity contribution in [1.82, 2.24) is 0 Å². The first-order valence-electron chi connectivity index (χ1n) is 3.71. The number of terminal acetylenes is 1. The summed E-state index contributed by atoms with van der Waals surface area (Å²) in [6, 6.07) is 0. The van der Waals surface area contributed by atoms with Crippen LogP contribution < -0.4 is 0 Å². The number of esters is 1.